The fourth-order valence-electron chi connectivity index (χ4n) is 3.82. The fraction of sp³-hybridized carbons (Fsp3) is 0.619. The Morgan fingerprint density at radius 3 is 2.29 bits per heavy atom. The third-order valence-electron chi connectivity index (χ3n) is 5.15. The Balaban J connectivity index is 2.05. The van der Waals surface area contributed by atoms with Crippen LogP contribution in [0.15, 0.2) is 6.07 Å². The van der Waals surface area contributed by atoms with Crippen LogP contribution in [0.4, 0.5) is 19.3 Å². The molecule has 2 saturated heterocycles. The summed E-state index contributed by atoms with van der Waals surface area (Å²) in [6.07, 6.45) is -2.87. The summed E-state index contributed by atoms with van der Waals surface area (Å²) in [5.41, 5.74) is -0.654. The van der Waals surface area contributed by atoms with Crippen LogP contribution in [0.5, 0.6) is 0 Å². The molecule has 0 aliphatic carbocycles. The normalized spacial score (nSPS) is 24.1. The Morgan fingerprint density at radius 2 is 1.74 bits per heavy atom. The first-order chi connectivity index (χ1) is 14.5. The van der Waals surface area contributed by atoms with Crippen molar-refractivity contribution in [2.24, 2.45) is 5.41 Å². The zero-order chi connectivity index (χ0) is 22.9. The highest BCUT2D eigenvalue weighted by atomic mass is 19.2. The van der Waals surface area contributed by atoms with Gasteiger partial charge < -0.3 is 29.5 Å². The van der Waals surface area contributed by atoms with Crippen molar-refractivity contribution in [1.29, 1.82) is 0 Å². The molecule has 8 nitrogen and oxygen atoms in total. The average Bonchev–Trinajstić information content (AvgIpc) is 2.67. The summed E-state index contributed by atoms with van der Waals surface area (Å²) in [4.78, 5) is 24.8. The van der Waals surface area contributed by atoms with Crippen molar-refractivity contribution in [3.63, 3.8) is 0 Å². The van der Waals surface area contributed by atoms with Gasteiger partial charge in [0.2, 0.25) is 0 Å². The first kappa shape index (κ1) is 23.4. The number of hydrogen-bond donors (Lipinski definition) is 2. The lowest BCUT2D eigenvalue weighted by atomic mass is 9.94. The third-order valence-corrected chi connectivity index (χ3v) is 5.15. The minimum Gasteiger partial charge on any atom is -0.465 e. The van der Waals surface area contributed by atoms with Crippen molar-refractivity contribution < 1.29 is 37.7 Å². The van der Waals surface area contributed by atoms with Crippen LogP contribution in [-0.4, -0.2) is 62.0 Å². The van der Waals surface area contributed by atoms with Gasteiger partial charge in [-0.2, -0.15) is 0 Å². The van der Waals surface area contributed by atoms with Crippen LogP contribution in [0.1, 0.15) is 49.9 Å². The van der Waals surface area contributed by atoms with E-state index in [1.54, 1.807) is 4.90 Å². The minimum atomic E-state index is -1.44. The second-order valence-corrected chi connectivity index (χ2v) is 8.85. The molecule has 10 heteroatoms. The van der Waals surface area contributed by atoms with Gasteiger partial charge in [0.25, 0.3) is 0 Å². The number of amides is 1. The van der Waals surface area contributed by atoms with Crippen molar-refractivity contribution in [1.82, 2.24) is 5.32 Å². The zero-order valence-corrected chi connectivity index (χ0v) is 18.0. The summed E-state index contributed by atoms with van der Waals surface area (Å²) in [5, 5.41) is 10.6. The summed E-state index contributed by atoms with van der Waals surface area (Å²) in [5.74, 6) is -3.43. The second kappa shape index (κ2) is 9.05. The van der Waals surface area contributed by atoms with Gasteiger partial charge in [0.15, 0.2) is 23.7 Å². The largest absolute Gasteiger partial charge is 0.465 e. The molecule has 0 saturated carbocycles. The van der Waals surface area contributed by atoms with Gasteiger partial charge >= 0.3 is 6.09 Å². The molecule has 2 N–H and O–H groups in total. The van der Waals surface area contributed by atoms with Crippen LogP contribution in [0, 0.1) is 17.0 Å². The van der Waals surface area contributed by atoms with Gasteiger partial charge in [0.05, 0.1) is 43.2 Å². The topological polar surface area (TPSA) is 97.3 Å². The molecule has 0 radical (unpaired) electrons. The number of ketones is 1. The number of benzene rings is 1. The van der Waals surface area contributed by atoms with Crippen molar-refractivity contribution >= 4 is 17.6 Å². The fourth-order valence-corrected chi connectivity index (χ4v) is 3.82. The summed E-state index contributed by atoms with van der Waals surface area (Å²) in [6, 6.07) is 1.20. The molecule has 1 aromatic carbocycles. The van der Waals surface area contributed by atoms with E-state index in [9.17, 15) is 14.0 Å². The first-order valence-electron chi connectivity index (χ1n) is 10.1. The van der Waals surface area contributed by atoms with E-state index in [-0.39, 0.29) is 28.9 Å². The number of carbonyl (C=O) groups excluding carboxylic acids is 1. The Morgan fingerprint density at radius 1 is 1.16 bits per heavy atom. The lowest BCUT2D eigenvalue weighted by Crippen LogP contribution is -2.46. The van der Waals surface area contributed by atoms with Crippen molar-refractivity contribution in [2.75, 3.05) is 37.7 Å². The lowest BCUT2D eigenvalue weighted by molar-refractivity contribution is -0.226. The van der Waals surface area contributed by atoms with E-state index in [0.717, 1.165) is 0 Å². The Bertz CT molecular complexity index is 843. The number of morpholine rings is 1. The monoisotopic (exact) mass is 442 g/mol. The summed E-state index contributed by atoms with van der Waals surface area (Å²) in [6.45, 7) is 8.19. The summed E-state index contributed by atoms with van der Waals surface area (Å²) >= 11 is 0. The minimum absolute atomic E-state index is 0.0352. The Hall–Kier alpha value is -2.30. The first-order valence-corrected chi connectivity index (χ1v) is 10.1. The number of nitrogens with one attached hydrogen (secondary N) is 1. The maximum Gasteiger partial charge on any atom is 0.405 e. The van der Waals surface area contributed by atoms with Gasteiger partial charge in [0, 0.05) is 24.1 Å². The summed E-state index contributed by atoms with van der Waals surface area (Å²) < 4.78 is 47.6. The van der Waals surface area contributed by atoms with E-state index in [0.29, 0.717) is 26.3 Å². The summed E-state index contributed by atoms with van der Waals surface area (Å²) in [7, 11) is 0. The molecule has 2 aliphatic heterocycles. The highest BCUT2D eigenvalue weighted by Crippen LogP contribution is 2.40. The molecule has 2 atom stereocenters. The number of rotatable bonds is 5. The SMILES string of the molecule is C[C@@H]1CN(c2c(C3OCC(C)(C)CO3)cc(C(=O)CNC(=O)O)c(F)c2F)C[C@@H](C)O1. The number of ether oxygens (including phenoxy) is 3. The number of nitrogens with zero attached hydrogens (tertiary/aromatic N) is 1. The van der Waals surface area contributed by atoms with Crippen LogP contribution in [0.25, 0.3) is 0 Å². The number of hydrogen-bond acceptors (Lipinski definition) is 6. The van der Waals surface area contributed by atoms with Gasteiger partial charge in [-0.05, 0) is 19.9 Å². The molecule has 31 heavy (non-hydrogen) atoms. The quantitative estimate of drug-likeness (QED) is 0.677. The molecule has 0 spiro atoms. The van der Waals surface area contributed by atoms with Gasteiger partial charge in [0.1, 0.15) is 0 Å². The zero-order valence-electron chi connectivity index (χ0n) is 18.0. The standard InChI is InChI=1S/C21H28F2N2O6/c1-11-7-25(8-12(2)31-11)18-14(19-29-9-21(3,4)10-30-19)5-13(16(22)17(18)23)15(26)6-24-20(27)28/h5,11-12,19,24H,6-10H2,1-4H3,(H,27,28)/t11-,12-/m1/s1. The Labute approximate surface area is 179 Å². The smallest absolute Gasteiger partial charge is 0.405 e. The molecular formula is C21H28F2N2O6. The maximum atomic E-state index is 15.4. The highest BCUT2D eigenvalue weighted by Gasteiger charge is 2.36. The van der Waals surface area contributed by atoms with Crippen LogP contribution in [-0.2, 0) is 14.2 Å². The van der Waals surface area contributed by atoms with E-state index < -0.39 is 41.9 Å². The van der Waals surface area contributed by atoms with Gasteiger partial charge in [-0.3, -0.25) is 4.79 Å². The second-order valence-electron chi connectivity index (χ2n) is 8.85. The number of carboxylic acid groups (broad SMARTS) is 1. The average molecular weight is 442 g/mol. The molecule has 1 amide bonds. The van der Waals surface area contributed by atoms with Crippen molar-refractivity contribution in [3.8, 4) is 0 Å². The van der Waals surface area contributed by atoms with E-state index in [1.807, 2.05) is 33.0 Å². The molecule has 2 aliphatic rings. The molecule has 0 bridgehead atoms. The number of halogens is 2. The van der Waals surface area contributed by atoms with Crippen LogP contribution in [0.2, 0.25) is 0 Å². The van der Waals surface area contributed by atoms with Crippen LogP contribution < -0.4 is 10.2 Å². The molecule has 0 aromatic heterocycles. The van der Waals surface area contributed by atoms with E-state index >= 15 is 4.39 Å². The van der Waals surface area contributed by atoms with Gasteiger partial charge in [-0.15, -0.1) is 0 Å². The molecule has 2 heterocycles. The maximum absolute atomic E-state index is 15.4. The molecule has 2 fully saturated rings. The van der Waals surface area contributed by atoms with E-state index in [4.69, 9.17) is 19.3 Å². The Kier molecular flexibility index (Phi) is 6.82. The highest BCUT2D eigenvalue weighted by molar-refractivity contribution is 5.99. The van der Waals surface area contributed by atoms with Crippen molar-refractivity contribution in [2.45, 2.75) is 46.2 Å². The molecule has 3 rings (SSSR count). The number of carbonyl (C=O) groups is 2. The van der Waals surface area contributed by atoms with Gasteiger partial charge in [-0.1, -0.05) is 13.8 Å². The van der Waals surface area contributed by atoms with Crippen LogP contribution in [0.3, 0.4) is 0 Å². The van der Waals surface area contributed by atoms with E-state index in [2.05, 4.69) is 0 Å². The molecular weight excluding hydrogens is 414 g/mol. The van der Waals surface area contributed by atoms with Crippen LogP contribution >= 0.6 is 0 Å². The molecule has 172 valence electrons. The molecule has 0 unspecified atom stereocenters. The van der Waals surface area contributed by atoms with Gasteiger partial charge in [-0.25, -0.2) is 13.6 Å². The van der Waals surface area contributed by atoms with E-state index in [1.165, 1.54) is 6.07 Å². The number of Topliss-reactive ketones (excluding diaryl/α,β-unsaturated/α-hetero) is 1. The third kappa shape index (κ3) is 5.31. The molecule has 1 aromatic rings. The predicted molar refractivity (Wildman–Crippen MR) is 107 cm³/mol. The van der Waals surface area contributed by atoms with Crippen molar-refractivity contribution in [3.05, 3.63) is 28.8 Å². The number of anilines is 1. The predicted octanol–water partition coefficient (Wildman–Crippen LogP) is 3.10. The lowest BCUT2D eigenvalue weighted by Gasteiger charge is -2.40.